The van der Waals surface area contributed by atoms with Gasteiger partial charge >= 0.3 is 0 Å². The number of ketones is 1. The molecule has 5 rings (SSSR count). The van der Waals surface area contributed by atoms with Gasteiger partial charge in [-0.15, -0.1) is 0 Å². The van der Waals surface area contributed by atoms with Crippen molar-refractivity contribution >= 4 is 40.0 Å². The van der Waals surface area contributed by atoms with Crippen molar-refractivity contribution in [2.75, 3.05) is 27.2 Å². The van der Waals surface area contributed by atoms with Crippen LogP contribution < -0.4 is 4.74 Å². The number of pyridine rings is 1. The second kappa shape index (κ2) is 8.82. The zero-order valence-corrected chi connectivity index (χ0v) is 19.8. The predicted octanol–water partition coefficient (Wildman–Crippen LogP) is 4.73. The molecule has 0 saturated heterocycles. The lowest BCUT2D eigenvalue weighted by Crippen LogP contribution is -2.28. The predicted molar refractivity (Wildman–Crippen MR) is 129 cm³/mol. The fourth-order valence-electron chi connectivity index (χ4n) is 4.19. The van der Waals surface area contributed by atoms with E-state index in [1.807, 2.05) is 49.1 Å². The third-order valence-corrected chi connectivity index (χ3v) is 6.47. The molecule has 1 aromatic carbocycles. The molecular formula is C24H23Cl2N5O2. The summed E-state index contributed by atoms with van der Waals surface area (Å²) in [6.45, 7) is 1.86. The van der Waals surface area contributed by atoms with Gasteiger partial charge in [0.25, 0.3) is 0 Å². The second-order valence-corrected chi connectivity index (χ2v) is 9.32. The van der Waals surface area contributed by atoms with Crippen LogP contribution in [-0.4, -0.2) is 57.7 Å². The van der Waals surface area contributed by atoms with Gasteiger partial charge in [-0.3, -0.25) is 9.89 Å². The number of hydrogen-bond donors (Lipinski definition) is 1. The number of fused-ring (bicyclic) bond motifs is 2. The number of Topliss-reactive ketones (excluding diaryl/α,β-unsaturated/α-hetero) is 1. The third-order valence-electron chi connectivity index (χ3n) is 5.95. The van der Waals surface area contributed by atoms with Crippen LogP contribution in [0.3, 0.4) is 0 Å². The van der Waals surface area contributed by atoms with E-state index in [9.17, 15) is 4.79 Å². The summed E-state index contributed by atoms with van der Waals surface area (Å²) in [7, 11) is 4.04. The highest BCUT2D eigenvalue weighted by atomic mass is 35.5. The van der Waals surface area contributed by atoms with Crippen molar-refractivity contribution in [2.45, 2.75) is 13.0 Å². The van der Waals surface area contributed by atoms with Gasteiger partial charge in [-0.25, -0.2) is 4.98 Å². The molecule has 0 spiro atoms. The summed E-state index contributed by atoms with van der Waals surface area (Å²) in [5.74, 6) is 0.553. The molecule has 1 atom stereocenters. The molecule has 0 bridgehead atoms. The lowest BCUT2D eigenvalue weighted by molar-refractivity contribution is 0.0856. The first-order valence-electron chi connectivity index (χ1n) is 10.7. The molecule has 170 valence electrons. The number of aromatic amines is 1. The number of rotatable bonds is 6. The number of ether oxygens (including phenoxy) is 1. The van der Waals surface area contributed by atoms with Gasteiger partial charge in [-0.2, -0.15) is 5.10 Å². The Bertz CT molecular complexity index is 1340. The first-order chi connectivity index (χ1) is 15.9. The smallest absolute Gasteiger partial charge is 0.171 e. The molecule has 0 radical (unpaired) electrons. The molecule has 3 aromatic heterocycles. The van der Waals surface area contributed by atoms with Crippen LogP contribution in [0.1, 0.15) is 15.9 Å². The quantitative estimate of drug-likeness (QED) is 0.401. The Labute approximate surface area is 201 Å². The molecule has 1 unspecified atom stereocenters. The molecule has 0 aliphatic carbocycles. The molecule has 1 aliphatic heterocycles. The zero-order chi connectivity index (χ0) is 23.1. The van der Waals surface area contributed by atoms with Gasteiger partial charge in [0.15, 0.2) is 10.9 Å². The Morgan fingerprint density at radius 3 is 2.88 bits per heavy atom. The minimum Gasteiger partial charge on any atom is -0.493 e. The standard InChI is InChI=1S/C24H23Cl2N5O2/c1-30(2)7-8-31-12-19(17-4-5-20(28-24(17)31)18-11-27-29-23(18)26)22(32)15-9-14-10-16(25)3-6-21(14)33-13-15/h3-6,10-12,15H,7-9,13H2,1-2H3,(H,27,29). The molecule has 4 heterocycles. The van der Waals surface area contributed by atoms with Crippen molar-refractivity contribution < 1.29 is 9.53 Å². The van der Waals surface area contributed by atoms with E-state index >= 15 is 0 Å². The van der Waals surface area contributed by atoms with E-state index < -0.39 is 0 Å². The summed E-state index contributed by atoms with van der Waals surface area (Å²) >= 11 is 12.4. The first kappa shape index (κ1) is 21.9. The van der Waals surface area contributed by atoms with Crippen molar-refractivity contribution in [3.05, 3.63) is 64.0 Å². The van der Waals surface area contributed by atoms with Crippen molar-refractivity contribution in [1.82, 2.24) is 24.6 Å². The van der Waals surface area contributed by atoms with Crippen LogP contribution in [0, 0.1) is 5.92 Å². The number of likely N-dealkylation sites (N-methyl/N-ethyl adjacent to an activating group) is 1. The highest BCUT2D eigenvalue weighted by Gasteiger charge is 2.29. The number of H-pyrrole nitrogens is 1. The van der Waals surface area contributed by atoms with Gasteiger partial charge in [-0.05, 0) is 56.4 Å². The van der Waals surface area contributed by atoms with Gasteiger partial charge in [0.2, 0.25) is 0 Å². The number of halogens is 2. The van der Waals surface area contributed by atoms with Gasteiger partial charge in [-0.1, -0.05) is 23.2 Å². The Morgan fingerprint density at radius 1 is 1.27 bits per heavy atom. The monoisotopic (exact) mass is 483 g/mol. The van der Waals surface area contributed by atoms with E-state index in [-0.39, 0.29) is 11.7 Å². The Morgan fingerprint density at radius 2 is 2.12 bits per heavy atom. The van der Waals surface area contributed by atoms with E-state index in [1.165, 1.54) is 0 Å². The van der Waals surface area contributed by atoms with Crippen molar-refractivity contribution in [3.8, 4) is 17.0 Å². The van der Waals surface area contributed by atoms with E-state index in [0.717, 1.165) is 34.5 Å². The summed E-state index contributed by atoms with van der Waals surface area (Å²) < 4.78 is 7.92. The number of carbonyl (C=O) groups is 1. The third kappa shape index (κ3) is 4.24. The van der Waals surface area contributed by atoms with E-state index in [2.05, 4.69) is 15.1 Å². The van der Waals surface area contributed by atoms with Crippen LogP contribution in [0.4, 0.5) is 0 Å². The second-order valence-electron chi connectivity index (χ2n) is 8.53. The molecule has 1 N–H and O–H groups in total. The fraction of sp³-hybridized carbons (Fsp3) is 0.292. The first-order valence-corrected chi connectivity index (χ1v) is 11.5. The van der Waals surface area contributed by atoms with Crippen LogP contribution in [0.5, 0.6) is 5.75 Å². The van der Waals surface area contributed by atoms with Gasteiger partial charge in [0.1, 0.15) is 11.4 Å². The van der Waals surface area contributed by atoms with Crippen LogP contribution in [0.25, 0.3) is 22.3 Å². The molecule has 1 aliphatic rings. The summed E-state index contributed by atoms with van der Waals surface area (Å²) in [6, 6.07) is 9.35. The topological polar surface area (TPSA) is 76.0 Å². The molecule has 0 fully saturated rings. The lowest BCUT2D eigenvalue weighted by Gasteiger charge is -2.24. The van der Waals surface area contributed by atoms with Crippen LogP contribution in [0.15, 0.2) is 42.7 Å². The summed E-state index contributed by atoms with van der Waals surface area (Å²) in [5, 5.41) is 8.57. The highest BCUT2D eigenvalue weighted by Crippen LogP contribution is 2.33. The Kier molecular flexibility index (Phi) is 5.86. The number of benzene rings is 1. The van der Waals surface area contributed by atoms with Crippen molar-refractivity contribution in [3.63, 3.8) is 0 Å². The molecule has 7 nitrogen and oxygen atoms in total. The number of nitrogens with zero attached hydrogens (tertiary/aromatic N) is 4. The molecule has 9 heteroatoms. The fourth-order valence-corrected chi connectivity index (χ4v) is 4.59. The molecule has 4 aromatic rings. The van der Waals surface area contributed by atoms with Crippen LogP contribution in [0.2, 0.25) is 10.2 Å². The minimum atomic E-state index is -0.285. The van der Waals surface area contributed by atoms with E-state index in [0.29, 0.717) is 41.0 Å². The Balaban J connectivity index is 1.53. The lowest BCUT2D eigenvalue weighted by atomic mass is 9.90. The molecule has 0 amide bonds. The maximum atomic E-state index is 13.6. The maximum Gasteiger partial charge on any atom is 0.171 e. The van der Waals surface area contributed by atoms with E-state index in [1.54, 1.807) is 12.3 Å². The van der Waals surface area contributed by atoms with E-state index in [4.69, 9.17) is 32.9 Å². The largest absolute Gasteiger partial charge is 0.493 e. The van der Waals surface area contributed by atoms with Crippen LogP contribution >= 0.6 is 23.2 Å². The molecular weight excluding hydrogens is 461 g/mol. The number of nitrogens with one attached hydrogen (secondary N) is 1. The van der Waals surface area contributed by atoms with Gasteiger partial charge in [0.05, 0.1) is 23.8 Å². The SMILES string of the molecule is CN(C)CCn1cc(C(=O)C2COc3ccc(Cl)cc3C2)c2ccc(-c3c[nH]nc3Cl)nc21. The van der Waals surface area contributed by atoms with Gasteiger partial charge in [0, 0.05) is 41.5 Å². The maximum absolute atomic E-state index is 13.6. The summed E-state index contributed by atoms with van der Waals surface area (Å²) in [5.41, 5.74) is 3.78. The normalized spacial score (nSPS) is 15.6. The zero-order valence-electron chi connectivity index (χ0n) is 18.3. The Hall–Kier alpha value is -2.87. The average molecular weight is 484 g/mol. The van der Waals surface area contributed by atoms with Crippen LogP contribution in [-0.2, 0) is 13.0 Å². The number of hydrogen-bond acceptors (Lipinski definition) is 5. The molecule has 0 saturated carbocycles. The number of aromatic nitrogens is 4. The minimum absolute atomic E-state index is 0.0464. The summed E-state index contributed by atoms with van der Waals surface area (Å²) in [6.07, 6.45) is 4.23. The van der Waals surface area contributed by atoms with Crippen molar-refractivity contribution in [1.29, 1.82) is 0 Å². The van der Waals surface area contributed by atoms with Gasteiger partial charge < -0.3 is 14.2 Å². The van der Waals surface area contributed by atoms with Crippen molar-refractivity contribution in [2.24, 2.45) is 5.92 Å². The average Bonchev–Trinajstić information content (AvgIpc) is 3.39. The number of carbonyl (C=O) groups excluding carboxylic acids is 1. The highest BCUT2D eigenvalue weighted by molar-refractivity contribution is 6.32. The summed E-state index contributed by atoms with van der Waals surface area (Å²) in [4.78, 5) is 20.6. The molecule has 33 heavy (non-hydrogen) atoms.